The molecular formula is C13H18N2O3. The lowest BCUT2D eigenvalue weighted by Gasteiger charge is -2.10. The Hall–Kier alpha value is -1.62. The average Bonchev–Trinajstić information content (AvgIpc) is 3.19. The predicted molar refractivity (Wildman–Crippen MR) is 68.7 cm³/mol. The summed E-state index contributed by atoms with van der Waals surface area (Å²) < 4.78 is 5.08. The molecule has 5 nitrogen and oxygen atoms in total. The van der Waals surface area contributed by atoms with E-state index in [-0.39, 0.29) is 11.7 Å². The van der Waals surface area contributed by atoms with Gasteiger partial charge in [-0.1, -0.05) is 0 Å². The first-order valence-corrected chi connectivity index (χ1v) is 6.18. The molecule has 0 spiro atoms. The summed E-state index contributed by atoms with van der Waals surface area (Å²) in [6, 6.07) is 5.09. The van der Waals surface area contributed by atoms with E-state index < -0.39 is 4.92 Å². The molecule has 1 aromatic rings. The Labute approximate surface area is 106 Å². The Morgan fingerprint density at radius 1 is 1.50 bits per heavy atom. The van der Waals surface area contributed by atoms with E-state index in [0.717, 1.165) is 18.4 Å². The predicted octanol–water partition coefficient (Wildman–Crippen LogP) is 2.27. The van der Waals surface area contributed by atoms with Crippen molar-refractivity contribution in [3.63, 3.8) is 0 Å². The molecule has 2 N–H and O–H groups in total. The van der Waals surface area contributed by atoms with Crippen LogP contribution in [0.5, 0.6) is 5.75 Å². The van der Waals surface area contributed by atoms with Gasteiger partial charge in [-0.15, -0.1) is 0 Å². The molecule has 18 heavy (non-hydrogen) atoms. The zero-order valence-electron chi connectivity index (χ0n) is 10.5. The quantitative estimate of drug-likeness (QED) is 0.620. The highest BCUT2D eigenvalue weighted by molar-refractivity contribution is 5.42. The van der Waals surface area contributed by atoms with Crippen LogP contribution in [0.2, 0.25) is 0 Å². The first-order chi connectivity index (χ1) is 8.60. The summed E-state index contributed by atoms with van der Waals surface area (Å²) in [6.07, 6.45) is 4.07. The molecule has 0 radical (unpaired) electrons. The maximum absolute atomic E-state index is 10.8. The van der Waals surface area contributed by atoms with Gasteiger partial charge in [-0.25, -0.2) is 0 Å². The Bertz CT molecular complexity index is 444. The number of ether oxygens (including phenoxy) is 1. The van der Waals surface area contributed by atoms with Gasteiger partial charge in [-0.05, 0) is 43.2 Å². The van der Waals surface area contributed by atoms with Crippen LogP contribution in [-0.4, -0.2) is 18.1 Å². The van der Waals surface area contributed by atoms with E-state index in [1.807, 2.05) is 6.07 Å². The molecule has 1 aliphatic carbocycles. The van der Waals surface area contributed by atoms with E-state index in [1.54, 1.807) is 6.07 Å². The maximum Gasteiger partial charge on any atom is 0.273 e. The lowest BCUT2D eigenvalue weighted by atomic mass is 10.0. The molecule has 1 unspecified atom stereocenters. The first-order valence-electron chi connectivity index (χ1n) is 6.18. The highest BCUT2D eigenvalue weighted by atomic mass is 16.6. The van der Waals surface area contributed by atoms with Crippen molar-refractivity contribution in [2.75, 3.05) is 7.11 Å². The van der Waals surface area contributed by atoms with Crippen LogP contribution in [0.25, 0.3) is 0 Å². The van der Waals surface area contributed by atoms with Crippen molar-refractivity contribution in [2.24, 2.45) is 11.7 Å². The van der Waals surface area contributed by atoms with Gasteiger partial charge < -0.3 is 10.5 Å². The summed E-state index contributed by atoms with van der Waals surface area (Å²) in [6.45, 7) is 0. The van der Waals surface area contributed by atoms with Crippen LogP contribution in [-0.2, 0) is 6.42 Å². The Balaban J connectivity index is 2.05. The molecule has 0 bridgehead atoms. The van der Waals surface area contributed by atoms with Crippen molar-refractivity contribution in [3.05, 3.63) is 33.9 Å². The van der Waals surface area contributed by atoms with Crippen LogP contribution in [0.15, 0.2) is 18.2 Å². The fourth-order valence-corrected chi connectivity index (χ4v) is 2.10. The Kier molecular flexibility index (Phi) is 3.81. The van der Waals surface area contributed by atoms with Crippen LogP contribution in [0.1, 0.15) is 24.8 Å². The molecule has 0 aliphatic heterocycles. The smallest absolute Gasteiger partial charge is 0.273 e. The summed E-state index contributed by atoms with van der Waals surface area (Å²) in [5.74, 6) is 1.18. The van der Waals surface area contributed by atoms with Crippen LogP contribution in [0.4, 0.5) is 5.69 Å². The van der Waals surface area contributed by atoms with Crippen molar-refractivity contribution in [1.82, 2.24) is 0 Å². The van der Waals surface area contributed by atoms with Crippen molar-refractivity contribution >= 4 is 5.69 Å². The van der Waals surface area contributed by atoms with Gasteiger partial charge in [0.25, 0.3) is 5.69 Å². The van der Waals surface area contributed by atoms with E-state index in [0.29, 0.717) is 11.7 Å². The second kappa shape index (κ2) is 5.35. The molecule has 1 saturated carbocycles. The molecule has 0 aromatic heterocycles. The summed E-state index contributed by atoms with van der Waals surface area (Å²) in [5.41, 5.74) is 7.02. The number of benzene rings is 1. The second-order valence-corrected chi connectivity index (χ2v) is 4.84. The molecule has 1 atom stereocenters. The topological polar surface area (TPSA) is 78.4 Å². The number of nitro benzene ring substituents is 1. The largest absolute Gasteiger partial charge is 0.496 e. The minimum Gasteiger partial charge on any atom is -0.496 e. The number of nitrogens with two attached hydrogens (primary N) is 1. The SMILES string of the molecule is COc1cc(CCC(N)C2CC2)cc([N+](=O)[O-])c1. The van der Waals surface area contributed by atoms with Crippen molar-refractivity contribution < 1.29 is 9.66 Å². The van der Waals surface area contributed by atoms with Crippen LogP contribution < -0.4 is 10.5 Å². The monoisotopic (exact) mass is 250 g/mol. The van der Waals surface area contributed by atoms with E-state index in [2.05, 4.69) is 0 Å². The van der Waals surface area contributed by atoms with Gasteiger partial charge in [-0.3, -0.25) is 10.1 Å². The molecule has 0 heterocycles. The Morgan fingerprint density at radius 2 is 2.22 bits per heavy atom. The van der Waals surface area contributed by atoms with Gasteiger partial charge in [0.15, 0.2) is 0 Å². The van der Waals surface area contributed by atoms with Crippen molar-refractivity contribution in [3.8, 4) is 5.75 Å². The molecule has 5 heteroatoms. The zero-order valence-corrected chi connectivity index (χ0v) is 10.5. The summed E-state index contributed by atoms with van der Waals surface area (Å²) in [4.78, 5) is 10.4. The first kappa shape index (κ1) is 12.8. The Morgan fingerprint density at radius 3 is 2.78 bits per heavy atom. The summed E-state index contributed by atoms with van der Waals surface area (Å²) in [5, 5.41) is 10.8. The lowest BCUT2D eigenvalue weighted by molar-refractivity contribution is -0.385. The fraction of sp³-hybridized carbons (Fsp3) is 0.538. The summed E-state index contributed by atoms with van der Waals surface area (Å²) in [7, 11) is 1.51. The van der Waals surface area contributed by atoms with Crippen LogP contribution >= 0.6 is 0 Å². The number of nitrogens with zero attached hydrogens (tertiary/aromatic N) is 1. The van der Waals surface area contributed by atoms with Gasteiger partial charge in [-0.2, -0.15) is 0 Å². The van der Waals surface area contributed by atoms with Gasteiger partial charge in [0.2, 0.25) is 0 Å². The van der Waals surface area contributed by atoms with Gasteiger partial charge in [0.05, 0.1) is 18.1 Å². The number of rotatable bonds is 6. The van der Waals surface area contributed by atoms with Gasteiger partial charge >= 0.3 is 0 Å². The molecule has 1 aliphatic rings. The third kappa shape index (κ3) is 3.20. The third-order valence-electron chi connectivity index (χ3n) is 3.39. The van der Waals surface area contributed by atoms with E-state index in [4.69, 9.17) is 10.5 Å². The molecule has 98 valence electrons. The van der Waals surface area contributed by atoms with Gasteiger partial charge in [0, 0.05) is 12.1 Å². The zero-order chi connectivity index (χ0) is 13.1. The third-order valence-corrected chi connectivity index (χ3v) is 3.39. The number of hydrogen-bond acceptors (Lipinski definition) is 4. The standard InChI is InChI=1S/C13H18N2O3/c1-18-12-7-9(6-11(8-12)15(16)17)2-5-13(14)10-3-4-10/h6-8,10,13H,2-5,14H2,1H3. The van der Waals surface area contributed by atoms with Gasteiger partial charge in [0.1, 0.15) is 5.75 Å². The molecule has 1 aromatic carbocycles. The molecule has 1 fully saturated rings. The minimum atomic E-state index is -0.396. The summed E-state index contributed by atoms with van der Waals surface area (Å²) >= 11 is 0. The van der Waals surface area contributed by atoms with E-state index in [1.165, 1.54) is 26.0 Å². The molecule has 0 amide bonds. The number of methoxy groups -OCH3 is 1. The maximum atomic E-state index is 10.8. The van der Waals surface area contributed by atoms with E-state index >= 15 is 0 Å². The molecule has 0 saturated heterocycles. The highest BCUT2D eigenvalue weighted by Gasteiger charge is 2.28. The van der Waals surface area contributed by atoms with Crippen LogP contribution in [0, 0.1) is 16.0 Å². The van der Waals surface area contributed by atoms with Crippen molar-refractivity contribution in [2.45, 2.75) is 31.7 Å². The number of nitro groups is 1. The number of aryl methyl sites for hydroxylation is 1. The van der Waals surface area contributed by atoms with E-state index in [9.17, 15) is 10.1 Å². The molecular weight excluding hydrogens is 232 g/mol. The average molecular weight is 250 g/mol. The number of hydrogen-bond donors (Lipinski definition) is 1. The highest BCUT2D eigenvalue weighted by Crippen LogP contribution is 2.33. The fourth-order valence-electron chi connectivity index (χ4n) is 2.10. The lowest BCUT2D eigenvalue weighted by Crippen LogP contribution is -2.22. The second-order valence-electron chi connectivity index (χ2n) is 4.84. The normalized spacial score (nSPS) is 16.3. The number of non-ortho nitro benzene ring substituents is 1. The van der Waals surface area contributed by atoms with Crippen LogP contribution in [0.3, 0.4) is 0 Å². The van der Waals surface area contributed by atoms with Crippen molar-refractivity contribution in [1.29, 1.82) is 0 Å². The minimum absolute atomic E-state index is 0.0735. The molecule has 2 rings (SSSR count).